The van der Waals surface area contributed by atoms with Gasteiger partial charge in [0.2, 0.25) is 5.91 Å². The van der Waals surface area contributed by atoms with E-state index in [1.165, 1.54) is 11.3 Å². The number of ether oxygens (including phenoxy) is 1. The van der Waals surface area contributed by atoms with Crippen LogP contribution >= 0.6 is 11.3 Å². The first kappa shape index (κ1) is 23.4. The molecule has 9 heteroatoms. The smallest absolute Gasteiger partial charge is 0.227 e. The van der Waals surface area contributed by atoms with Crippen LogP contribution in [0.25, 0.3) is 21.0 Å². The van der Waals surface area contributed by atoms with Gasteiger partial charge in [-0.25, -0.2) is 13.9 Å². The normalized spacial score (nSPS) is 15.2. The quantitative estimate of drug-likeness (QED) is 0.498. The van der Waals surface area contributed by atoms with Crippen molar-refractivity contribution in [1.82, 2.24) is 9.71 Å². The van der Waals surface area contributed by atoms with E-state index < -0.39 is 11.0 Å². The summed E-state index contributed by atoms with van der Waals surface area (Å²) < 4.78 is 21.8. The Kier molecular flexibility index (Phi) is 6.56. The van der Waals surface area contributed by atoms with E-state index >= 15 is 0 Å². The lowest BCUT2D eigenvalue weighted by Crippen LogP contribution is -2.37. The third-order valence-corrected chi connectivity index (χ3v) is 7.82. The van der Waals surface area contributed by atoms with Gasteiger partial charge in [-0.2, -0.15) is 0 Å². The van der Waals surface area contributed by atoms with Gasteiger partial charge in [-0.1, -0.05) is 6.07 Å². The molecule has 1 aromatic heterocycles. The van der Waals surface area contributed by atoms with E-state index in [4.69, 9.17) is 10.5 Å². The minimum atomic E-state index is -1.48. The Hall–Kier alpha value is -2.75. The number of methoxy groups -OCH3 is 1. The Morgan fingerprint density at radius 3 is 2.67 bits per heavy atom. The number of nitrogens with zero attached hydrogens (tertiary/aromatic N) is 2. The number of carbonyl (C=O) groups excluding carboxylic acids is 1. The summed E-state index contributed by atoms with van der Waals surface area (Å²) in [6, 6.07) is 11.3. The Balaban J connectivity index is 1.75. The summed E-state index contributed by atoms with van der Waals surface area (Å²) >= 11 is 1.50. The lowest BCUT2D eigenvalue weighted by Gasteiger charge is -2.22. The van der Waals surface area contributed by atoms with Gasteiger partial charge < -0.3 is 15.4 Å². The van der Waals surface area contributed by atoms with Crippen molar-refractivity contribution in [1.29, 1.82) is 0 Å². The Labute approximate surface area is 200 Å². The fourth-order valence-corrected chi connectivity index (χ4v) is 5.95. The van der Waals surface area contributed by atoms with E-state index in [2.05, 4.69) is 9.71 Å². The van der Waals surface area contributed by atoms with Gasteiger partial charge in [-0.05, 0) is 57.5 Å². The predicted octanol–water partition coefficient (Wildman–Crippen LogP) is 4.61. The molecular formula is C24H28N4O3S2. The third kappa shape index (κ3) is 5.10. The minimum Gasteiger partial charge on any atom is -0.495 e. The summed E-state index contributed by atoms with van der Waals surface area (Å²) in [7, 11) is 0.107. The van der Waals surface area contributed by atoms with Crippen molar-refractivity contribution >= 4 is 39.6 Å². The maximum Gasteiger partial charge on any atom is 0.227 e. The topological polar surface area (TPSA) is 97.5 Å². The summed E-state index contributed by atoms with van der Waals surface area (Å²) in [5.41, 5.74) is 8.65. The van der Waals surface area contributed by atoms with Crippen LogP contribution < -0.4 is 20.1 Å². The number of hydrogen-bond acceptors (Lipinski definition) is 6. The number of nitrogen functional groups attached to an aromatic ring is 1. The average Bonchev–Trinajstić information content (AvgIpc) is 3.42. The zero-order chi connectivity index (χ0) is 23.8. The fourth-order valence-electron chi connectivity index (χ4n) is 3.67. The van der Waals surface area contributed by atoms with Crippen molar-refractivity contribution in [3.05, 3.63) is 42.6 Å². The fraction of sp³-hybridized carbons (Fsp3) is 0.333. The number of nitrogens with one attached hydrogen (secondary N) is 1. The highest BCUT2D eigenvalue weighted by Crippen LogP contribution is 2.38. The second kappa shape index (κ2) is 9.24. The van der Waals surface area contributed by atoms with Crippen molar-refractivity contribution in [3.8, 4) is 26.8 Å². The number of nitrogens with two attached hydrogens (primary N) is 1. The zero-order valence-electron chi connectivity index (χ0n) is 19.2. The predicted molar refractivity (Wildman–Crippen MR) is 135 cm³/mol. The highest BCUT2D eigenvalue weighted by Gasteiger charge is 2.25. The number of hydrogen-bond donors (Lipinski definition) is 2. The molecule has 1 aliphatic rings. The molecule has 2 heterocycles. The molecule has 33 heavy (non-hydrogen) atoms. The first-order chi connectivity index (χ1) is 15.7. The van der Waals surface area contributed by atoms with Gasteiger partial charge in [0, 0.05) is 41.5 Å². The number of carbonyl (C=O) groups is 1. The highest BCUT2D eigenvalue weighted by molar-refractivity contribution is 7.83. The second-order valence-electron chi connectivity index (χ2n) is 8.94. The van der Waals surface area contributed by atoms with Crippen molar-refractivity contribution < 1.29 is 13.7 Å². The van der Waals surface area contributed by atoms with E-state index in [0.717, 1.165) is 33.1 Å². The first-order valence-electron chi connectivity index (χ1n) is 10.7. The van der Waals surface area contributed by atoms with E-state index in [-0.39, 0.29) is 11.4 Å². The summed E-state index contributed by atoms with van der Waals surface area (Å²) in [6.45, 7) is 6.59. The van der Waals surface area contributed by atoms with Crippen LogP contribution in [0.4, 0.5) is 11.4 Å². The van der Waals surface area contributed by atoms with Gasteiger partial charge in [0.1, 0.15) is 21.7 Å². The molecule has 0 spiro atoms. The molecule has 1 aliphatic heterocycles. The molecule has 7 nitrogen and oxygen atoms in total. The van der Waals surface area contributed by atoms with Gasteiger partial charge in [0.25, 0.3) is 0 Å². The van der Waals surface area contributed by atoms with Gasteiger partial charge in [0.05, 0.1) is 22.6 Å². The Morgan fingerprint density at radius 2 is 2.00 bits per heavy atom. The van der Waals surface area contributed by atoms with Crippen molar-refractivity contribution in [2.24, 2.45) is 0 Å². The van der Waals surface area contributed by atoms with Crippen LogP contribution in [0.3, 0.4) is 0 Å². The van der Waals surface area contributed by atoms with Crippen molar-refractivity contribution in [2.75, 3.05) is 24.3 Å². The van der Waals surface area contributed by atoms with Gasteiger partial charge in [-0.15, -0.1) is 11.3 Å². The monoisotopic (exact) mass is 484 g/mol. The van der Waals surface area contributed by atoms with Crippen LogP contribution in [0.2, 0.25) is 0 Å². The van der Waals surface area contributed by atoms with Crippen LogP contribution in [0.1, 0.15) is 33.6 Å². The molecule has 3 N–H and O–H groups in total. The van der Waals surface area contributed by atoms with E-state index in [0.29, 0.717) is 29.3 Å². The Morgan fingerprint density at radius 1 is 1.21 bits per heavy atom. The van der Waals surface area contributed by atoms with Crippen LogP contribution in [0, 0.1) is 0 Å². The Bertz CT molecular complexity index is 1220. The zero-order valence-corrected chi connectivity index (χ0v) is 20.8. The molecule has 1 saturated heterocycles. The van der Waals surface area contributed by atoms with Crippen molar-refractivity contribution in [3.63, 3.8) is 0 Å². The largest absolute Gasteiger partial charge is 0.495 e. The molecule has 4 rings (SSSR count). The highest BCUT2D eigenvalue weighted by atomic mass is 32.2. The van der Waals surface area contributed by atoms with E-state index in [1.54, 1.807) is 24.3 Å². The maximum absolute atomic E-state index is 13.4. The molecule has 0 radical (unpaired) electrons. The molecule has 174 valence electrons. The van der Waals surface area contributed by atoms with Gasteiger partial charge in [0.15, 0.2) is 0 Å². The second-order valence-corrected chi connectivity index (χ2v) is 11.1. The van der Waals surface area contributed by atoms with Gasteiger partial charge in [-0.3, -0.25) is 4.79 Å². The van der Waals surface area contributed by atoms with Crippen molar-refractivity contribution in [2.45, 2.75) is 44.0 Å². The first-order valence-corrected chi connectivity index (χ1v) is 12.7. The molecule has 2 aromatic carbocycles. The number of thiazole rings is 1. The summed E-state index contributed by atoms with van der Waals surface area (Å²) in [4.78, 5) is 20.2. The summed E-state index contributed by atoms with van der Waals surface area (Å²) in [5.74, 6) is 0.695. The van der Waals surface area contributed by atoms with Crippen LogP contribution in [-0.4, -0.2) is 34.3 Å². The molecule has 1 atom stereocenters. The van der Waals surface area contributed by atoms with Crippen LogP contribution in [0.5, 0.6) is 5.75 Å². The molecule has 1 unspecified atom stereocenters. The standard InChI is InChI=1S/C24H28N4O3S2/c1-24(2,3)27-33(30)21-13-16(28-11-5-6-22(28)29)8-9-17(21)20-14-26-23(32-20)15-7-10-18(25)19(12-15)31-4/h7-10,12-14,27H,5-6,11,25H2,1-4H3. The van der Waals surface area contributed by atoms with Crippen LogP contribution in [0.15, 0.2) is 47.5 Å². The third-order valence-electron chi connectivity index (χ3n) is 5.20. The number of rotatable bonds is 6. The lowest BCUT2D eigenvalue weighted by molar-refractivity contribution is -0.117. The molecule has 0 aliphatic carbocycles. The number of amides is 1. The van der Waals surface area contributed by atoms with Gasteiger partial charge >= 0.3 is 0 Å². The molecular weight excluding hydrogens is 456 g/mol. The van der Waals surface area contributed by atoms with E-state index in [1.807, 2.05) is 51.1 Å². The average molecular weight is 485 g/mol. The maximum atomic E-state index is 13.4. The molecule has 1 amide bonds. The SMILES string of the molecule is COc1cc(-c2ncc(-c3ccc(N4CCCC4=O)cc3S(=O)NC(C)(C)C)s2)ccc1N. The lowest BCUT2D eigenvalue weighted by atomic mass is 10.1. The van der Waals surface area contributed by atoms with E-state index in [9.17, 15) is 9.00 Å². The molecule has 0 saturated carbocycles. The number of aromatic nitrogens is 1. The van der Waals surface area contributed by atoms with Crippen LogP contribution in [-0.2, 0) is 15.8 Å². The molecule has 0 bridgehead atoms. The molecule has 3 aromatic rings. The minimum absolute atomic E-state index is 0.0978. The summed E-state index contributed by atoms with van der Waals surface area (Å²) in [6.07, 6.45) is 3.17. The number of anilines is 2. The summed E-state index contributed by atoms with van der Waals surface area (Å²) in [5, 5.41) is 0.808. The number of benzene rings is 2. The molecule has 1 fully saturated rings.